The van der Waals surface area contributed by atoms with Gasteiger partial charge in [-0.15, -0.1) is 11.3 Å². The number of sulfone groups is 1. The standard InChI is InChI=1S/C12H14ClN3O2S2/c1-7-5-9-10(14-12(13)15-11(9)19-7)16(2)8-3-4-20(17,18)6-8/h5,8H,3-4,6H2,1-2H3. The van der Waals surface area contributed by atoms with Gasteiger partial charge in [0.1, 0.15) is 10.6 Å². The first-order valence-corrected chi connectivity index (χ1v) is 9.24. The number of anilines is 1. The van der Waals surface area contributed by atoms with E-state index < -0.39 is 9.84 Å². The molecule has 0 amide bonds. The van der Waals surface area contributed by atoms with Crippen LogP contribution < -0.4 is 4.90 Å². The highest BCUT2D eigenvalue weighted by Crippen LogP contribution is 2.33. The van der Waals surface area contributed by atoms with Gasteiger partial charge >= 0.3 is 0 Å². The Balaban J connectivity index is 2.05. The quantitative estimate of drug-likeness (QED) is 0.790. The fourth-order valence-corrected chi connectivity index (χ4v) is 5.39. The van der Waals surface area contributed by atoms with Crippen molar-refractivity contribution < 1.29 is 8.42 Å². The van der Waals surface area contributed by atoms with Gasteiger partial charge in [-0.3, -0.25) is 0 Å². The molecule has 2 aromatic rings. The number of thiophene rings is 1. The molecule has 3 heterocycles. The van der Waals surface area contributed by atoms with E-state index in [1.165, 1.54) is 0 Å². The van der Waals surface area contributed by atoms with Crippen LogP contribution in [0, 0.1) is 6.92 Å². The summed E-state index contributed by atoms with van der Waals surface area (Å²) in [5.41, 5.74) is 0. The van der Waals surface area contributed by atoms with Crippen LogP contribution in [0.15, 0.2) is 6.07 Å². The van der Waals surface area contributed by atoms with Crippen LogP contribution in [-0.2, 0) is 9.84 Å². The highest BCUT2D eigenvalue weighted by atomic mass is 35.5. The first-order chi connectivity index (χ1) is 9.35. The molecule has 8 heteroatoms. The lowest BCUT2D eigenvalue weighted by molar-refractivity contribution is 0.600. The molecule has 1 atom stereocenters. The first kappa shape index (κ1) is 14.0. The minimum Gasteiger partial charge on any atom is -0.355 e. The summed E-state index contributed by atoms with van der Waals surface area (Å²) in [6.45, 7) is 2.00. The number of rotatable bonds is 2. The normalized spacial score (nSPS) is 21.4. The van der Waals surface area contributed by atoms with Gasteiger partial charge < -0.3 is 4.90 Å². The van der Waals surface area contributed by atoms with Crippen molar-refractivity contribution in [2.75, 3.05) is 23.5 Å². The lowest BCUT2D eigenvalue weighted by Crippen LogP contribution is -2.33. The Bertz CT molecular complexity index is 772. The number of halogens is 1. The molecule has 0 bridgehead atoms. The van der Waals surface area contributed by atoms with Crippen molar-refractivity contribution in [1.29, 1.82) is 0 Å². The monoisotopic (exact) mass is 331 g/mol. The van der Waals surface area contributed by atoms with Crippen LogP contribution in [0.5, 0.6) is 0 Å². The van der Waals surface area contributed by atoms with E-state index in [1.54, 1.807) is 11.3 Å². The minimum atomic E-state index is -2.92. The van der Waals surface area contributed by atoms with Gasteiger partial charge in [0.15, 0.2) is 9.84 Å². The molecular formula is C12H14ClN3O2S2. The SMILES string of the molecule is Cc1cc2c(N(C)C3CCS(=O)(=O)C3)nc(Cl)nc2s1. The van der Waals surface area contributed by atoms with E-state index in [0.717, 1.165) is 15.1 Å². The van der Waals surface area contributed by atoms with Gasteiger partial charge in [0.2, 0.25) is 5.28 Å². The smallest absolute Gasteiger partial charge is 0.225 e. The maximum Gasteiger partial charge on any atom is 0.225 e. The minimum absolute atomic E-state index is 0.0469. The van der Waals surface area contributed by atoms with Crippen molar-refractivity contribution in [3.8, 4) is 0 Å². The average molecular weight is 332 g/mol. The zero-order chi connectivity index (χ0) is 14.5. The van der Waals surface area contributed by atoms with Crippen molar-refractivity contribution in [1.82, 2.24) is 9.97 Å². The summed E-state index contributed by atoms with van der Waals surface area (Å²) < 4.78 is 23.3. The second-order valence-electron chi connectivity index (χ2n) is 5.06. The van der Waals surface area contributed by atoms with Crippen LogP contribution in [0.2, 0.25) is 5.28 Å². The summed E-state index contributed by atoms with van der Waals surface area (Å²) in [5.74, 6) is 1.13. The van der Waals surface area contributed by atoms with Gasteiger partial charge in [0.25, 0.3) is 0 Å². The van der Waals surface area contributed by atoms with Gasteiger partial charge in [-0.25, -0.2) is 13.4 Å². The summed E-state index contributed by atoms with van der Waals surface area (Å²) in [5, 5.41) is 1.13. The van der Waals surface area contributed by atoms with Crippen LogP contribution in [0.25, 0.3) is 10.2 Å². The molecule has 0 aromatic carbocycles. The third-order valence-electron chi connectivity index (χ3n) is 3.56. The Morgan fingerprint density at radius 3 is 2.85 bits per heavy atom. The third-order valence-corrected chi connectivity index (χ3v) is 6.42. The van der Waals surface area contributed by atoms with Crippen LogP contribution in [0.4, 0.5) is 5.82 Å². The van der Waals surface area contributed by atoms with E-state index in [4.69, 9.17) is 11.6 Å². The molecule has 0 radical (unpaired) electrons. The molecule has 2 aromatic heterocycles. The van der Waals surface area contributed by atoms with Crippen molar-refractivity contribution in [3.05, 3.63) is 16.2 Å². The van der Waals surface area contributed by atoms with Crippen molar-refractivity contribution >= 4 is 48.8 Å². The molecule has 108 valence electrons. The molecule has 1 unspecified atom stereocenters. The van der Waals surface area contributed by atoms with Crippen LogP contribution in [0.3, 0.4) is 0 Å². The van der Waals surface area contributed by atoms with Crippen molar-refractivity contribution in [2.45, 2.75) is 19.4 Å². The molecule has 1 aliphatic heterocycles. The van der Waals surface area contributed by atoms with E-state index in [0.29, 0.717) is 12.2 Å². The van der Waals surface area contributed by atoms with E-state index >= 15 is 0 Å². The average Bonchev–Trinajstić information content (AvgIpc) is 2.89. The number of fused-ring (bicyclic) bond motifs is 1. The van der Waals surface area contributed by atoms with E-state index in [2.05, 4.69) is 9.97 Å². The number of hydrogen-bond acceptors (Lipinski definition) is 6. The first-order valence-electron chi connectivity index (χ1n) is 6.23. The zero-order valence-corrected chi connectivity index (χ0v) is 13.5. The summed E-state index contributed by atoms with van der Waals surface area (Å²) in [6, 6.07) is 1.97. The molecule has 20 heavy (non-hydrogen) atoms. The molecule has 0 aliphatic carbocycles. The molecule has 1 fully saturated rings. The summed E-state index contributed by atoms with van der Waals surface area (Å²) in [4.78, 5) is 12.4. The number of aryl methyl sites for hydroxylation is 1. The molecule has 0 saturated carbocycles. The van der Waals surface area contributed by atoms with Crippen molar-refractivity contribution in [3.63, 3.8) is 0 Å². The predicted octanol–water partition coefficient (Wildman–Crippen LogP) is 2.28. The van der Waals surface area contributed by atoms with Gasteiger partial charge in [-0.1, -0.05) is 0 Å². The maximum atomic E-state index is 11.6. The Morgan fingerprint density at radius 2 is 2.20 bits per heavy atom. The summed E-state index contributed by atoms with van der Waals surface area (Å²) in [7, 11) is -1.05. The lowest BCUT2D eigenvalue weighted by atomic mass is 10.2. The largest absolute Gasteiger partial charge is 0.355 e. The van der Waals surface area contributed by atoms with Gasteiger partial charge in [-0.2, -0.15) is 4.98 Å². The lowest BCUT2D eigenvalue weighted by Gasteiger charge is -2.25. The maximum absolute atomic E-state index is 11.6. The van der Waals surface area contributed by atoms with Crippen LogP contribution in [-0.4, -0.2) is 43.0 Å². The van der Waals surface area contributed by atoms with Gasteiger partial charge in [0, 0.05) is 18.0 Å². The topological polar surface area (TPSA) is 63.2 Å². The Morgan fingerprint density at radius 1 is 1.45 bits per heavy atom. The van der Waals surface area contributed by atoms with E-state index in [1.807, 2.05) is 24.9 Å². The number of aromatic nitrogens is 2. The van der Waals surface area contributed by atoms with Crippen LogP contribution >= 0.6 is 22.9 Å². The van der Waals surface area contributed by atoms with Crippen LogP contribution in [0.1, 0.15) is 11.3 Å². The third kappa shape index (κ3) is 2.49. The molecule has 5 nitrogen and oxygen atoms in total. The highest BCUT2D eigenvalue weighted by molar-refractivity contribution is 7.91. The van der Waals surface area contributed by atoms with Gasteiger partial charge in [0.05, 0.1) is 16.9 Å². The second kappa shape index (κ2) is 4.82. The molecule has 1 saturated heterocycles. The van der Waals surface area contributed by atoms with E-state index in [9.17, 15) is 8.42 Å². The fourth-order valence-electron chi connectivity index (χ4n) is 2.52. The predicted molar refractivity (Wildman–Crippen MR) is 82.6 cm³/mol. The molecule has 0 N–H and O–H groups in total. The summed E-state index contributed by atoms with van der Waals surface area (Å²) in [6.07, 6.45) is 0.630. The second-order valence-corrected chi connectivity index (χ2v) is 8.86. The van der Waals surface area contributed by atoms with E-state index in [-0.39, 0.29) is 22.8 Å². The van der Waals surface area contributed by atoms with Gasteiger partial charge in [-0.05, 0) is 31.0 Å². The summed E-state index contributed by atoms with van der Waals surface area (Å²) >= 11 is 7.54. The molecule has 3 rings (SSSR count). The highest BCUT2D eigenvalue weighted by Gasteiger charge is 2.32. The molecule has 1 aliphatic rings. The fraction of sp³-hybridized carbons (Fsp3) is 0.500. The Labute approximate surface area is 126 Å². The molecular weight excluding hydrogens is 318 g/mol. The number of nitrogens with zero attached hydrogens (tertiary/aromatic N) is 3. The Kier molecular flexibility index (Phi) is 3.38. The molecule has 0 spiro atoms. The Hall–Kier alpha value is -0.920. The zero-order valence-electron chi connectivity index (χ0n) is 11.1. The van der Waals surface area contributed by atoms with Crippen molar-refractivity contribution in [2.24, 2.45) is 0 Å². The number of hydrogen-bond donors (Lipinski definition) is 0.